The molecular formula is C26H24Cl2Zr. The fourth-order valence-electron chi connectivity index (χ4n) is 4.61. The Labute approximate surface area is 197 Å². The van der Waals surface area contributed by atoms with Crippen LogP contribution in [-0.2, 0) is 29.7 Å². The van der Waals surface area contributed by atoms with Crippen molar-refractivity contribution in [1.82, 2.24) is 0 Å². The van der Waals surface area contributed by atoms with Crippen molar-refractivity contribution in [2.24, 2.45) is 5.41 Å². The van der Waals surface area contributed by atoms with E-state index in [0.29, 0.717) is 0 Å². The normalized spacial score (nSPS) is 14.2. The Balaban J connectivity index is 0.00000120. The van der Waals surface area contributed by atoms with Crippen LogP contribution in [0.3, 0.4) is 0 Å². The molecular weight excluding hydrogens is 474 g/mol. The molecule has 0 saturated heterocycles. The molecule has 0 amide bonds. The minimum Gasteiger partial charge on any atom is -1.00 e. The van der Waals surface area contributed by atoms with Gasteiger partial charge in [0.1, 0.15) is 0 Å². The van der Waals surface area contributed by atoms with Crippen LogP contribution in [0.2, 0.25) is 0 Å². The van der Waals surface area contributed by atoms with Crippen LogP contribution in [0, 0.1) is 5.41 Å². The molecule has 3 aromatic carbocycles. The minimum atomic E-state index is -0.814. The van der Waals surface area contributed by atoms with Gasteiger partial charge in [-0.3, -0.25) is 0 Å². The maximum Gasteiger partial charge on any atom is -1.00 e. The average Bonchev–Trinajstić information content (AvgIpc) is 3.25. The zero-order chi connectivity index (χ0) is 18.6. The fraction of sp³-hybridized carbons (Fsp3) is 0.231. The first-order valence-corrected chi connectivity index (χ1v) is 12.3. The van der Waals surface area contributed by atoms with Gasteiger partial charge in [0.2, 0.25) is 0 Å². The van der Waals surface area contributed by atoms with E-state index in [1.807, 2.05) is 0 Å². The second kappa shape index (κ2) is 8.54. The third-order valence-electron chi connectivity index (χ3n) is 5.85. The predicted molar refractivity (Wildman–Crippen MR) is 112 cm³/mol. The van der Waals surface area contributed by atoms with Gasteiger partial charge >= 0.3 is 174 Å². The van der Waals surface area contributed by atoms with E-state index in [1.165, 1.54) is 28.5 Å². The van der Waals surface area contributed by atoms with Crippen molar-refractivity contribution in [2.75, 3.05) is 0 Å². The molecule has 0 aliphatic heterocycles. The van der Waals surface area contributed by atoms with Crippen molar-refractivity contribution in [2.45, 2.75) is 33.6 Å². The smallest absolute Gasteiger partial charge is 1.00 e. The van der Waals surface area contributed by atoms with E-state index < -0.39 is 23.2 Å². The van der Waals surface area contributed by atoms with Crippen LogP contribution in [0.4, 0.5) is 0 Å². The molecule has 0 fully saturated rings. The molecule has 0 saturated carbocycles. The number of fused-ring (bicyclic) bond motifs is 5. The molecule has 0 nitrogen and oxygen atoms in total. The zero-order valence-corrected chi connectivity index (χ0v) is 21.0. The molecule has 3 aromatic rings. The van der Waals surface area contributed by atoms with Crippen LogP contribution in [0.5, 0.6) is 0 Å². The third-order valence-corrected chi connectivity index (χ3v) is 9.44. The Morgan fingerprint density at radius 1 is 0.828 bits per heavy atom. The van der Waals surface area contributed by atoms with Gasteiger partial charge in [-0.25, -0.2) is 0 Å². The second-order valence-corrected chi connectivity index (χ2v) is 12.1. The van der Waals surface area contributed by atoms with Gasteiger partial charge in [-0.05, 0) is 0 Å². The molecule has 0 aromatic heterocycles. The van der Waals surface area contributed by atoms with Gasteiger partial charge in [0, 0.05) is 0 Å². The van der Waals surface area contributed by atoms with Gasteiger partial charge in [0.15, 0.2) is 0 Å². The molecule has 0 atom stereocenters. The van der Waals surface area contributed by atoms with Crippen molar-refractivity contribution in [3.05, 3.63) is 86.7 Å². The van der Waals surface area contributed by atoms with Crippen molar-refractivity contribution >= 4 is 14.0 Å². The van der Waals surface area contributed by atoms with E-state index in [4.69, 9.17) is 0 Å². The van der Waals surface area contributed by atoms with Crippen LogP contribution in [0.15, 0.2) is 75.6 Å². The van der Waals surface area contributed by atoms with Gasteiger partial charge in [-0.15, -0.1) is 0 Å². The summed E-state index contributed by atoms with van der Waals surface area (Å²) in [7, 11) is 0. The maximum absolute atomic E-state index is 2.42. The molecule has 146 valence electrons. The van der Waals surface area contributed by atoms with Crippen LogP contribution in [0.1, 0.15) is 38.3 Å². The monoisotopic (exact) mass is 496 g/mol. The van der Waals surface area contributed by atoms with Crippen LogP contribution in [-0.4, -0.2) is 0 Å². The molecule has 0 spiro atoms. The molecule has 0 heterocycles. The molecule has 0 N–H and O–H groups in total. The Bertz CT molecular complexity index is 1130. The number of benzene rings is 3. The summed E-state index contributed by atoms with van der Waals surface area (Å²) in [6, 6.07) is 20.6. The summed E-state index contributed by atoms with van der Waals surface area (Å²) in [5.41, 5.74) is 7.80. The molecule has 0 bridgehead atoms. The summed E-state index contributed by atoms with van der Waals surface area (Å²) in [4.78, 5) is 0. The van der Waals surface area contributed by atoms with Gasteiger partial charge in [-0.1, -0.05) is 0 Å². The first kappa shape index (κ1) is 22.5. The average molecular weight is 499 g/mol. The third kappa shape index (κ3) is 3.95. The Kier molecular flexibility index (Phi) is 6.64. The van der Waals surface area contributed by atoms with Crippen molar-refractivity contribution in [1.29, 1.82) is 0 Å². The number of halogens is 2. The largest absolute Gasteiger partial charge is 1.00 e. The van der Waals surface area contributed by atoms with E-state index in [9.17, 15) is 0 Å². The molecule has 0 radical (unpaired) electrons. The van der Waals surface area contributed by atoms with Gasteiger partial charge in [0.05, 0.1) is 0 Å². The van der Waals surface area contributed by atoms with Crippen LogP contribution in [0.25, 0.3) is 21.9 Å². The Morgan fingerprint density at radius 2 is 1.62 bits per heavy atom. The summed E-state index contributed by atoms with van der Waals surface area (Å²) < 4.78 is 3.41. The van der Waals surface area contributed by atoms with E-state index in [-0.39, 0.29) is 30.2 Å². The predicted octanol–water partition coefficient (Wildman–Crippen LogP) is 0.387. The number of allylic oxidation sites excluding steroid dienone is 4. The molecule has 2 aliphatic rings. The maximum atomic E-state index is 2.42. The van der Waals surface area contributed by atoms with E-state index in [0.717, 1.165) is 6.42 Å². The topological polar surface area (TPSA) is 0 Å². The summed E-state index contributed by atoms with van der Waals surface area (Å²) >= 11 is -0.814. The standard InChI is InChI=1S/C17H11.C9H13.2ClH.Zr/c1-3-7-14-12(5-1)9-10-16-15-8-4-2-6-13(15)11-17(14)16;1-9(2,3)8-6-4-5-7-8;;;/h1-6,8-10H,11H2;4,6H,5H2,1-3H3;2*1H;/q;;;;+2/p-2. The van der Waals surface area contributed by atoms with E-state index in [2.05, 4.69) is 87.5 Å². The summed E-state index contributed by atoms with van der Waals surface area (Å²) in [5.74, 6) is 0. The Hall–Kier alpha value is -1.14. The van der Waals surface area contributed by atoms with E-state index >= 15 is 0 Å². The van der Waals surface area contributed by atoms with Crippen molar-refractivity contribution in [3.63, 3.8) is 0 Å². The summed E-state index contributed by atoms with van der Waals surface area (Å²) in [5, 5.41) is 2.98. The minimum absolute atomic E-state index is 0. The molecule has 5 rings (SSSR count). The first-order valence-electron chi connectivity index (χ1n) is 9.82. The fourth-order valence-corrected chi connectivity index (χ4v) is 8.88. The molecule has 0 unspecified atom stereocenters. The van der Waals surface area contributed by atoms with E-state index in [1.54, 1.807) is 23.1 Å². The molecule has 2 aliphatic carbocycles. The summed E-state index contributed by atoms with van der Waals surface area (Å²) in [6.45, 7) is 7.07. The number of hydrogen-bond acceptors (Lipinski definition) is 0. The van der Waals surface area contributed by atoms with Gasteiger partial charge in [0.25, 0.3) is 0 Å². The van der Waals surface area contributed by atoms with Crippen LogP contribution >= 0.6 is 0 Å². The molecule has 29 heavy (non-hydrogen) atoms. The quantitative estimate of drug-likeness (QED) is 0.375. The number of hydrogen-bond donors (Lipinski definition) is 0. The zero-order valence-electron chi connectivity index (χ0n) is 17.0. The van der Waals surface area contributed by atoms with Crippen molar-refractivity contribution < 1.29 is 48.0 Å². The van der Waals surface area contributed by atoms with Gasteiger partial charge in [-0.2, -0.15) is 0 Å². The number of rotatable bonds is 2. The first-order chi connectivity index (χ1) is 13.0. The SMILES string of the molecule is CC(C)(C)C1=[C]([Zr+2][c]2cccc3ccc4c(c23)Cc2ccccc2-4)CC=C1.[Cl-].[Cl-]. The van der Waals surface area contributed by atoms with Crippen molar-refractivity contribution in [3.8, 4) is 11.1 Å². The molecule has 3 heteroatoms. The second-order valence-electron chi connectivity index (χ2n) is 8.70. The van der Waals surface area contributed by atoms with Crippen LogP contribution < -0.4 is 28.1 Å². The summed E-state index contributed by atoms with van der Waals surface area (Å²) in [6.07, 6.45) is 7.02. The van der Waals surface area contributed by atoms with Gasteiger partial charge < -0.3 is 24.8 Å². The Morgan fingerprint density at radius 3 is 2.41 bits per heavy atom.